The number of cyclic esters (lactones) is 1. The second-order valence-corrected chi connectivity index (χ2v) is 6.61. The molecule has 0 aromatic heterocycles. The zero-order valence-electron chi connectivity index (χ0n) is 13.7. The molecule has 4 N–H and O–H groups in total. The van der Waals surface area contributed by atoms with Crippen molar-refractivity contribution in [2.45, 2.75) is 49.7 Å². The van der Waals surface area contributed by atoms with Crippen LogP contribution in [0, 0.1) is 11.8 Å². The summed E-state index contributed by atoms with van der Waals surface area (Å²) in [5, 5.41) is 39.1. The predicted octanol–water partition coefficient (Wildman–Crippen LogP) is -1.13. The Morgan fingerprint density at radius 3 is 2.72 bits per heavy atom. The normalized spacial score (nSPS) is 44.5. The van der Waals surface area contributed by atoms with Gasteiger partial charge in [0.2, 0.25) is 0 Å². The van der Waals surface area contributed by atoms with Gasteiger partial charge in [-0.15, -0.1) is 6.58 Å². The molecule has 0 bridgehead atoms. The molecule has 25 heavy (non-hydrogen) atoms. The highest BCUT2D eigenvalue weighted by Crippen LogP contribution is 2.39. The third kappa shape index (κ3) is 3.38. The fourth-order valence-corrected chi connectivity index (χ4v) is 3.78. The Balaban J connectivity index is 1.75. The molecule has 2 heterocycles. The molecule has 2 aliphatic heterocycles. The minimum Gasteiger partial charge on any atom is -0.462 e. The summed E-state index contributed by atoms with van der Waals surface area (Å²) in [6, 6.07) is 0. The standard InChI is InChI=1S/C17H24O8/c1-2-8-9-5-6-23-16(22)10(9)3-4-11(8)24-17-15(21)14(20)13(19)12(7-18)25-17/h2-3,8-9,11-15,17-21H,1,4-7H2/t8-,9+,11-,12-,13-,14+,15-,17-/m1/s1. The molecule has 0 saturated carbocycles. The van der Waals surface area contributed by atoms with Gasteiger partial charge in [-0.3, -0.25) is 0 Å². The molecule has 2 fully saturated rings. The lowest BCUT2D eigenvalue weighted by molar-refractivity contribution is -0.314. The molecule has 1 aliphatic carbocycles. The van der Waals surface area contributed by atoms with E-state index in [4.69, 9.17) is 14.2 Å². The molecular formula is C17H24O8. The van der Waals surface area contributed by atoms with Crippen molar-refractivity contribution in [2.75, 3.05) is 13.2 Å². The van der Waals surface area contributed by atoms with Gasteiger partial charge in [-0.1, -0.05) is 12.2 Å². The largest absolute Gasteiger partial charge is 0.462 e. The van der Waals surface area contributed by atoms with Gasteiger partial charge in [-0.2, -0.15) is 0 Å². The van der Waals surface area contributed by atoms with E-state index < -0.39 is 43.4 Å². The van der Waals surface area contributed by atoms with E-state index in [9.17, 15) is 25.2 Å². The third-order valence-corrected chi connectivity index (χ3v) is 5.19. The van der Waals surface area contributed by atoms with Crippen LogP contribution in [0.4, 0.5) is 0 Å². The molecule has 0 unspecified atom stereocenters. The first-order valence-corrected chi connectivity index (χ1v) is 8.43. The van der Waals surface area contributed by atoms with Crippen LogP contribution in [-0.4, -0.2) is 76.4 Å². The average Bonchev–Trinajstić information content (AvgIpc) is 2.62. The SMILES string of the molecule is C=C[C@@H]1[C@@H]2CCOC(=O)C2=CC[C@H]1O[C@@H]1O[C@H](CO)[C@@H](O)[C@H](O)[C@H]1O. The first kappa shape index (κ1) is 18.5. The van der Waals surface area contributed by atoms with Crippen molar-refractivity contribution in [1.82, 2.24) is 0 Å². The fraction of sp³-hybridized carbons (Fsp3) is 0.706. The maximum atomic E-state index is 11.9. The summed E-state index contributed by atoms with van der Waals surface area (Å²) < 4.78 is 16.3. The van der Waals surface area contributed by atoms with Gasteiger partial charge in [-0.25, -0.2) is 4.79 Å². The number of rotatable bonds is 4. The first-order chi connectivity index (χ1) is 12.0. The molecule has 0 amide bonds. The van der Waals surface area contributed by atoms with Crippen molar-refractivity contribution in [3.63, 3.8) is 0 Å². The molecule has 8 heteroatoms. The third-order valence-electron chi connectivity index (χ3n) is 5.19. The van der Waals surface area contributed by atoms with Gasteiger partial charge in [0, 0.05) is 17.4 Å². The Morgan fingerprint density at radius 2 is 2.04 bits per heavy atom. The Labute approximate surface area is 145 Å². The van der Waals surface area contributed by atoms with Gasteiger partial charge < -0.3 is 34.6 Å². The van der Waals surface area contributed by atoms with Crippen molar-refractivity contribution in [3.8, 4) is 0 Å². The lowest BCUT2D eigenvalue weighted by Crippen LogP contribution is -2.60. The van der Waals surface area contributed by atoms with Crippen LogP contribution in [0.2, 0.25) is 0 Å². The highest BCUT2D eigenvalue weighted by Gasteiger charge is 2.47. The van der Waals surface area contributed by atoms with Crippen molar-refractivity contribution >= 4 is 5.97 Å². The molecule has 0 spiro atoms. The van der Waals surface area contributed by atoms with Crippen molar-refractivity contribution in [1.29, 1.82) is 0 Å². The van der Waals surface area contributed by atoms with Crippen molar-refractivity contribution in [2.24, 2.45) is 11.8 Å². The van der Waals surface area contributed by atoms with Gasteiger partial charge in [0.1, 0.15) is 24.4 Å². The molecule has 3 aliphatic rings. The van der Waals surface area contributed by atoms with Crippen LogP contribution in [0.3, 0.4) is 0 Å². The summed E-state index contributed by atoms with van der Waals surface area (Å²) in [7, 11) is 0. The molecule has 3 rings (SSSR count). The molecule has 0 aromatic rings. The van der Waals surface area contributed by atoms with E-state index in [1.54, 1.807) is 12.2 Å². The van der Waals surface area contributed by atoms with E-state index in [0.29, 0.717) is 25.0 Å². The van der Waals surface area contributed by atoms with E-state index in [1.807, 2.05) is 0 Å². The van der Waals surface area contributed by atoms with Crippen LogP contribution in [-0.2, 0) is 19.0 Å². The first-order valence-electron chi connectivity index (χ1n) is 8.43. The van der Waals surface area contributed by atoms with E-state index in [-0.39, 0.29) is 17.8 Å². The number of fused-ring (bicyclic) bond motifs is 1. The van der Waals surface area contributed by atoms with Gasteiger partial charge in [0.25, 0.3) is 0 Å². The Bertz CT molecular complexity index is 545. The Hall–Kier alpha value is -1.29. The summed E-state index contributed by atoms with van der Waals surface area (Å²) in [5.41, 5.74) is 0.616. The minimum atomic E-state index is -1.49. The number of ether oxygens (including phenoxy) is 3. The number of hydrogen-bond acceptors (Lipinski definition) is 8. The van der Waals surface area contributed by atoms with Crippen LogP contribution in [0.1, 0.15) is 12.8 Å². The van der Waals surface area contributed by atoms with E-state index in [2.05, 4.69) is 6.58 Å². The van der Waals surface area contributed by atoms with Gasteiger partial charge >= 0.3 is 5.97 Å². The Morgan fingerprint density at radius 1 is 1.28 bits per heavy atom. The number of aliphatic hydroxyl groups excluding tert-OH is 4. The summed E-state index contributed by atoms with van der Waals surface area (Å²) >= 11 is 0. The number of carbonyl (C=O) groups is 1. The number of hydrogen-bond donors (Lipinski definition) is 4. The van der Waals surface area contributed by atoms with Crippen LogP contribution in [0.25, 0.3) is 0 Å². The van der Waals surface area contributed by atoms with Gasteiger partial charge in [0.15, 0.2) is 6.29 Å². The van der Waals surface area contributed by atoms with Crippen molar-refractivity contribution in [3.05, 3.63) is 24.3 Å². The molecule has 2 saturated heterocycles. The Kier molecular flexibility index (Phi) is 5.57. The summed E-state index contributed by atoms with van der Waals surface area (Å²) in [6.45, 7) is 3.65. The van der Waals surface area contributed by atoms with Crippen LogP contribution in [0.15, 0.2) is 24.3 Å². The van der Waals surface area contributed by atoms with Crippen LogP contribution >= 0.6 is 0 Å². The second-order valence-electron chi connectivity index (χ2n) is 6.61. The predicted molar refractivity (Wildman–Crippen MR) is 84.1 cm³/mol. The van der Waals surface area contributed by atoms with E-state index >= 15 is 0 Å². The van der Waals surface area contributed by atoms with Crippen LogP contribution < -0.4 is 0 Å². The zero-order chi connectivity index (χ0) is 18.1. The number of aliphatic hydroxyl groups is 4. The van der Waals surface area contributed by atoms with Gasteiger partial charge in [0.05, 0.1) is 19.3 Å². The quantitative estimate of drug-likeness (QED) is 0.368. The zero-order valence-corrected chi connectivity index (χ0v) is 13.7. The highest BCUT2D eigenvalue weighted by atomic mass is 16.7. The fourth-order valence-electron chi connectivity index (χ4n) is 3.78. The highest BCUT2D eigenvalue weighted by molar-refractivity contribution is 5.90. The summed E-state index contributed by atoms with van der Waals surface area (Å²) in [4.78, 5) is 11.9. The molecular weight excluding hydrogens is 332 g/mol. The average molecular weight is 356 g/mol. The lowest BCUT2D eigenvalue weighted by atomic mass is 9.74. The van der Waals surface area contributed by atoms with Gasteiger partial charge in [-0.05, 0) is 12.8 Å². The maximum absolute atomic E-state index is 11.9. The molecule has 0 aromatic carbocycles. The molecule has 140 valence electrons. The summed E-state index contributed by atoms with van der Waals surface area (Å²) in [6.07, 6.45) is -2.48. The number of esters is 1. The van der Waals surface area contributed by atoms with E-state index in [1.165, 1.54) is 0 Å². The van der Waals surface area contributed by atoms with Crippen LogP contribution in [0.5, 0.6) is 0 Å². The van der Waals surface area contributed by atoms with E-state index in [0.717, 1.165) is 0 Å². The second kappa shape index (κ2) is 7.53. The molecule has 8 nitrogen and oxygen atoms in total. The monoisotopic (exact) mass is 356 g/mol. The lowest BCUT2D eigenvalue weighted by Gasteiger charge is -2.44. The number of carbonyl (C=O) groups excluding carboxylic acids is 1. The maximum Gasteiger partial charge on any atom is 0.333 e. The molecule has 0 radical (unpaired) electrons. The van der Waals surface area contributed by atoms with Crippen molar-refractivity contribution < 1.29 is 39.4 Å². The molecule has 8 atom stereocenters. The topological polar surface area (TPSA) is 126 Å². The minimum absolute atomic E-state index is 0.0811. The smallest absolute Gasteiger partial charge is 0.333 e. The summed E-state index contributed by atoms with van der Waals surface area (Å²) in [5.74, 6) is -0.586.